The SMILES string of the molecule is COc1cccc(Oc2ccc3c(c2)CC(=O)CC3)c1. The van der Waals surface area contributed by atoms with Gasteiger partial charge in [0.2, 0.25) is 0 Å². The maximum Gasteiger partial charge on any atom is 0.137 e. The zero-order valence-electron chi connectivity index (χ0n) is 11.4. The van der Waals surface area contributed by atoms with E-state index in [0.29, 0.717) is 18.6 Å². The van der Waals surface area contributed by atoms with Crippen LogP contribution in [0.2, 0.25) is 0 Å². The van der Waals surface area contributed by atoms with Crippen molar-refractivity contribution in [3.05, 3.63) is 53.6 Å². The summed E-state index contributed by atoms with van der Waals surface area (Å²) >= 11 is 0. The second kappa shape index (κ2) is 5.37. The lowest BCUT2D eigenvalue weighted by Gasteiger charge is -2.16. The molecule has 0 aliphatic heterocycles. The number of rotatable bonds is 3. The van der Waals surface area contributed by atoms with Gasteiger partial charge in [0.1, 0.15) is 23.0 Å². The van der Waals surface area contributed by atoms with Crippen LogP contribution in [0.1, 0.15) is 17.5 Å². The van der Waals surface area contributed by atoms with Gasteiger partial charge in [-0.1, -0.05) is 12.1 Å². The second-order valence-corrected chi connectivity index (χ2v) is 4.93. The van der Waals surface area contributed by atoms with Gasteiger partial charge in [-0.3, -0.25) is 4.79 Å². The number of carbonyl (C=O) groups is 1. The number of hydrogen-bond acceptors (Lipinski definition) is 3. The second-order valence-electron chi connectivity index (χ2n) is 4.93. The Labute approximate surface area is 118 Å². The number of benzene rings is 2. The van der Waals surface area contributed by atoms with Gasteiger partial charge in [0, 0.05) is 18.9 Å². The Kier molecular flexibility index (Phi) is 3.42. The van der Waals surface area contributed by atoms with Crippen LogP contribution in [0.4, 0.5) is 0 Å². The molecule has 20 heavy (non-hydrogen) atoms. The minimum Gasteiger partial charge on any atom is -0.497 e. The first-order chi connectivity index (χ1) is 9.74. The monoisotopic (exact) mass is 268 g/mol. The van der Waals surface area contributed by atoms with Crippen molar-refractivity contribution < 1.29 is 14.3 Å². The van der Waals surface area contributed by atoms with Gasteiger partial charge in [-0.25, -0.2) is 0 Å². The number of hydrogen-bond donors (Lipinski definition) is 0. The number of fused-ring (bicyclic) bond motifs is 1. The summed E-state index contributed by atoms with van der Waals surface area (Å²) in [5, 5.41) is 0. The van der Waals surface area contributed by atoms with Crippen LogP contribution in [0.3, 0.4) is 0 Å². The van der Waals surface area contributed by atoms with E-state index in [4.69, 9.17) is 9.47 Å². The molecule has 0 saturated heterocycles. The normalized spacial score (nSPS) is 13.8. The molecule has 0 aromatic heterocycles. The minimum absolute atomic E-state index is 0.302. The molecular weight excluding hydrogens is 252 g/mol. The Morgan fingerprint density at radius 1 is 0.900 bits per heavy atom. The molecule has 102 valence electrons. The lowest BCUT2D eigenvalue weighted by molar-refractivity contribution is -0.118. The number of Topliss-reactive ketones (excluding diaryl/α,β-unsaturated/α-hetero) is 1. The van der Waals surface area contributed by atoms with E-state index in [1.54, 1.807) is 7.11 Å². The summed E-state index contributed by atoms with van der Waals surface area (Å²) in [6, 6.07) is 13.4. The molecule has 3 nitrogen and oxygen atoms in total. The third-order valence-electron chi connectivity index (χ3n) is 3.52. The molecular formula is C17H16O3. The molecule has 0 heterocycles. The summed E-state index contributed by atoms with van der Waals surface area (Å²) in [6.07, 6.45) is 2.02. The topological polar surface area (TPSA) is 35.5 Å². The van der Waals surface area contributed by atoms with Crippen LogP contribution >= 0.6 is 0 Å². The van der Waals surface area contributed by atoms with Gasteiger partial charge in [0.05, 0.1) is 7.11 Å². The van der Waals surface area contributed by atoms with Gasteiger partial charge in [0.15, 0.2) is 0 Å². The van der Waals surface area contributed by atoms with Crippen molar-refractivity contribution in [2.24, 2.45) is 0 Å². The lowest BCUT2D eigenvalue weighted by Crippen LogP contribution is -2.12. The fraction of sp³-hybridized carbons (Fsp3) is 0.235. The van der Waals surface area contributed by atoms with Gasteiger partial charge in [-0.15, -0.1) is 0 Å². The molecule has 1 aliphatic rings. The summed E-state index contributed by atoms with van der Waals surface area (Å²) in [5.74, 6) is 2.55. The maximum atomic E-state index is 11.5. The fourth-order valence-corrected chi connectivity index (χ4v) is 2.45. The predicted molar refractivity (Wildman–Crippen MR) is 76.5 cm³/mol. The van der Waals surface area contributed by atoms with Gasteiger partial charge < -0.3 is 9.47 Å². The number of carbonyl (C=O) groups excluding carboxylic acids is 1. The molecule has 3 rings (SSSR count). The van der Waals surface area contributed by atoms with E-state index >= 15 is 0 Å². The molecule has 0 unspecified atom stereocenters. The van der Waals surface area contributed by atoms with E-state index in [1.807, 2.05) is 36.4 Å². The van der Waals surface area contributed by atoms with Crippen LogP contribution in [0, 0.1) is 0 Å². The number of methoxy groups -OCH3 is 1. The molecule has 3 heteroatoms. The Morgan fingerprint density at radius 3 is 2.55 bits per heavy atom. The van der Waals surface area contributed by atoms with Crippen molar-refractivity contribution >= 4 is 5.78 Å². The quantitative estimate of drug-likeness (QED) is 0.854. The third kappa shape index (κ3) is 2.67. The van der Waals surface area contributed by atoms with Gasteiger partial charge in [0.25, 0.3) is 0 Å². The summed E-state index contributed by atoms with van der Waals surface area (Å²) < 4.78 is 11.0. The zero-order chi connectivity index (χ0) is 13.9. The Morgan fingerprint density at radius 2 is 1.70 bits per heavy atom. The van der Waals surface area contributed by atoms with E-state index in [2.05, 4.69) is 6.07 Å². The first-order valence-corrected chi connectivity index (χ1v) is 6.70. The van der Waals surface area contributed by atoms with Crippen molar-refractivity contribution in [2.75, 3.05) is 7.11 Å². The summed E-state index contributed by atoms with van der Waals surface area (Å²) in [6.45, 7) is 0. The summed E-state index contributed by atoms with van der Waals surface area (Å²) in [7, 11) is 1.63. The molecule has 0 atom stereocenters. The van der Waals surface area contributed by atoms with Crippen LogP contribution in [0.15, 0.2) is 42.5 Å². The third-order valence-corrected chi connectivity index (χ3v) is 3.52. The Bertz CT molecular complexity index is 646. The first kappa shape index (κ1) is 12.7. The molecule has 0 amide bonds. The minimum atomic E-state index is 0.302. The van der Waals surface area contributed by atoms with Crippen molar-refractivity contribution in [1.29, 1.82) is 0 Å². The predicted octanol–water partition coefficient (Wildman–Crippen LogP) is 3.55. The zero-order valence-corrected chi connectivity index (χ0v) is 11.4. The van der Waals surface area contributed by atoms with Crippen molar-refractivity contribution in [3.63, 3.8) is 0 Å². The van der Waals surface area contributed by atoms with Crippen molar-refractivity contribution in [2.45, 2.75) is 19.3 Å². The highest BCUT2D eigenvalue weighted by Gasteiger charge is 2.16. The average Bonchev–Trinajstić information content (AvgIpc) is 2.47. The molecule has 1 aliphatic carbocycles. The largest absolute Gasteiger partial charge is 0.497 e. The van der Waals surface area contributed by atoms with E-state index in [0.717, 1.165) is 29.2 Å². The standard InChI is InChI=1S/C17H16O3/c1-19-15-3-2-4-16(11-15)20-17-8-6-12-5-7-14(18)9-13(12)10-17/h2-4,6,8,10-11H,5,7,9H2,1H3. The molecule has 0 saturated carbocycles. The van der Waals surface area contributed by atoms with Gasteiger partial charge in [-0.05, 0) is 41.8 Å². The van der Waals surface area contributed by atoms with Crippen LogP contribution < -0.4 is 9.47 Å². The fourth-order valence-electron chi connectivity index (χ4n) is 2.45. The van der Waals surface area contributed by atoms with E-state index in [9.17, 15) is 4.79 Å². The van der Waals surface area contributed by atoms with Crippen LogP contribution in [0.5, 0.6) is 17.2 Å². The number of aryl methyl sites for hydroxylation is 1. The van der Waals surface area contributed by atoms with E-state index < -0.39 is 0 Å². The molecule has 0 N–H and O–H groups in total. The van der Waals surface area contributed by atoms with Crippen molar-refractivity contribution in [3.8, 4) is 17.2 Å². The van der Waals surface area contributed by atoms with E-state index in [1.165, 1.54) is 5.56 Å². The highest BCUT2D eigenvalue weighted by Crippen LogP contribution is 2.29. The molecule has 2 aromatic rings. The highest BCUT2D eigenvalue weighted by molar-refractivity contribution is 5.83. The molecule has 0 spiro atoms. The Balaban J connectivity index is 1.84. The molecule has 0 bridgehead atoms. The van der Waals surface area contributed by atoms with Gasteiger partial charge >= 0.3 is 0 Å². The van der Waals surface area contributed by atoms with E-state index in [-0.39, 0.29) is 0 Å². The number of ketones is 1. The highest BCUT2D eigenvalue weighted by atomic mass is 16.5. The van der Waals surface area contributed by atoms with Crippen molar-refractivity contribution in [1.82, 2.24) is 0 Å². The smallest absolute Gasteiger partial charge is 0.137 e. The number of ether oxygens (including phenoxy) is 2. The molecule has 0 fully saturated rings. The van der Waals surface area contributed by atoms with Crippen LogP contribution in [-0.2, 0) is 17.6 Å². The maximum absolute atomic E-state index is 11.5. The molecule has 2 aromatic carbocycles. The lowest BCUT2D eigenvalue weighted by atomic mass is 9.91. The van der Waals surface area contributed by atoms with Gasteiger partial charge in [-0.2, -0.15) is 0 Å². The van der Waals surface area contributed by atoms with Crippen LogP contribution in [-0.4, -0.2) is 12.9 Å². The Hall–Kier alpha value is -2.29. The summed E-state index contributed by atoms with van der Waals surface area (Å²) in [5.41, 5.74) is 2.34. The average molecular weight is 268 g/mol. The summed E-state index contributed by atoms with van der Waals surface area (Å²) in [4.78, 5) is 11.5. The first-order valence-electron chi connectivity index (χ1n) is 6.70. The van der Waals surface area contributed by atoms with Crippen LogP contribution in [0.25, 0.3) is 0 Å². The molecule has 0 radical (unpaired) electrons.